The minimum Gasteiger partial charge on any atom is -0.340 e. The fraction of sp³-hybridized carbons (Fsp3) is 0.206. The van der Waals surface area contributed by atoms with Crippen molar-refractivity contribution >= 4 is 111 Å². The maximum absolute atomic E-state index is 11.6. The van der Waals surface area contributed by atoms with E-state index in [1.807, 2.05) is 71.2 Å². The Morgan fingerprint density at radius 1 is 0.413 bits per heavy atom. The lowest BCUT2D eigenvalue weighted by Gasteiger charge is -2.26. The summed E-state index contributed by atoms with van der Waals surface area (Å²) in [6, 6.07) is 65.4. The number of hydrogen-bond donors (Lipinski definition) is 0. The predicted octanol–water partition coefficient (Wildman–Crippen LogP) is 20.7. The number of unbranched alkanes of at least 4 members (excludes halogenated alkanes) is 9. The van der Waals surface area contributed by atoms with Gasteiger partial charge in [-0.05, 0) is 187 Å². The highest BCUT2D eigenvalue weighted by Crippen LogP contribution is 2.44. The van der Waals surface area contributed by atoms with Crippen LogP contribution in [0, 0.1) is 13.8 Å². The zero-order valence-electron chi connectivity index (χ0n) is 43.2. The second kappa shape index (κ2) is 22.5. The van der Waals surface area contributed by atoms with E-state index in [0.29, 0.717) is 11.1 Å². The molecule has 0 aliphatic heterocycles. The van der Waals surface area contributed by atoms with Crippen molar-refractivity contribution < 1.29 is 9.59 Å². The Hall–Kier alpha value is -7.58. The number of nitrogens with zero attached hydrogens (tertiary/aromatic N) is 3. The van der Waals surface area contributed by atoms with Gasteiger partial charge in [-0.1, -0.05) is 113 Å². The molecule has 0 bridgehead atoms. The van der Waals surface area contributed by atoms with Crippen molar-refractivity contribution in [2.45, 2.75) is 91.5 Å². The Bertz CT molecular complexity index is 3570. The van der Waals surface area contributed by atoms with Crippen LogP contribution in [0.15, 0.2) is 182 Å². The van der Waals surface area contributed by atoms with Crippen LogP contribution in [0.2, 0.25) is 0 Å². The smallest absolute Gasteiger partial charge is 0.150 e. The van der Waals surface area contributed by atoms with Crippen molar-refractivity contribution in [3.63, 3.8) is 0 Å². The molecule has 0 amide bonds. The molecule has 0 N–H and O–H groups in total. The molecular weight excluding hydrogens is 955 g/mol. The Labute approximate surface area is 449 Å². The first-order chi connectivity index (χ1) is 36.8. The summed E-state index contributed by atoms with van der Waals surface area (Å²) >= 11 is 3.70. The molecule has 11 rings (SSSR count). The molecule has 0 fully saturated rings. The Balaban J connectivity index is 0.935. The number of fused-ring (bicyclic) bond motifs is 5. The summed E-state index contributed by atoms with van der Waals surface area (Å²) in [5.41, 5.74) is 15.1. The molecule has 0 saturated carbocycles. The highest BCUT2D eigenvalue weighted by molar-refractivity contribution is 7.22. The van der Waals surface area contributed by atoms with Crippen LogP contribution in [0.3, 0.4) is 0 Å². The van der Waals surface area contributed by atoms with E-state index in [2.05, 4.69) is 169 Å². The number of aldehydes is 2. The van der Waals surface area contributed by atoms with Crippen molar-refractivity contribution in [2.75, 3.05) is 9.80 Å². The van der Waals surface area contributed by atoms with Gasteiger partial charge in [0.1, 0.15) is 12.6 Å². The SMILES string of the molecule is CCCCCCCCCCCCn1c2cc(-c3cc4cc(N(c5ccc(C=O)cc5)c5cccc(C)c5)ccc4s3)ccc2c2ccc(-c3cc4cc(N(c5ccc(C=O)cc5)c5cccc(C)c5)ccc4s3)cc21. The Kier molecular flexibility index (Phi) is 14.9. The van der Waals surface area contributed by atoms with Gasteiger partial charge in [-0.25, -0.2) is 0 Å². The number of rotatable bonds is 21. The quantitative estimate of drug-likeness (QED) is 0.0531. The van der Waals surface area contributed by atoms with Crippen LogP contribution in [0.25, 0.3) is 62.9 Å². The molecule has 0 aliphatic rings. The van der Waals surface area contributed by atoms with Crippen LogP contribution in [-0.4, -0.2) is 17.1 Å². The zero-order valence-corrected chi connectivity index (χ0v) is 44.9. The van der Waals surface area contributed by atoms with Gasteiger partial charge in [-0.2, -0.15) is 0 Å². The summed E-state index contributed by atoms with van der Waals surface area (Å²) in [7, 11) is 0. The van der Waals surface area contributed by atoms with E-state index in [0.717, 1.165) is 59.7 Å². The van der Waals surface area contributed by atoms with Crippen molar-refractivity contribution in [1.29, 1.82) is 0 Å². The predicted molar refractivity (Wildman–Crippen MR) is 323 cm³/mol. The van der Waals surface area contributed by atoms with E-state index in [-0.39, 0.29) is 0 Å². The fourth-order valence-electron chi connectivity index (χ4n) is 10.9. The number of carbonyl (C=O) groups is 2. The molecule has 11 aromatic rings. The number of anilines is 6. The maximum Gasteiger partial charge on any atom is 0.150 e. The Morgan fingerprint density at radius 2 is 0.827 bits per heavy atom. The van der Waals surface area contributed by atoms with E-state index in [9.17, 15) is 9.59 Å². The lowest BCUT2D eigenvalue weighted by Crippen LogP contribution is -2.10. The topological polar surface area (TPSA) is 45.6 Å². The minimum atomic E-state index is 0.662. The van der Waals surface area contributed by atoms with E-state index < -0.39 is 0 Å². The first kappa shape index (κ1) is 49.6. The summed E-state index contributed by atoms with van der Waals surface area (Å²) in [4.78, 5) is 30.2. The highest BCUT2D eigenvalue weighted by Gasteiger charge is 2.19. The molecule has 7 heteroatoms. The van der Waals surface area contributed by atoms with Gasteiger partial charge >= 0.3 is 0 Å². The first-order valence-corrected chi connectivity index (χ1v) is 28.5. The van der Waals surface area contributed by atoms with Crippen LogP contribution in [0.4, 0.5) is 34.1 Å². The lowest BCUT2D eigenvalue weighted by atomic mass is 10.1. The standard InChI is InChI=1S/C68H63N3O2S2/c1-4-5-6-7-8-9-10-11-12-13-36-69-63-41-51(67-43-53-39-59(30-34-65(53)74-67)70(57-18-14-16-47(2)37-57)55-26-20-49(45-72)21-27-55)24-32-61(63)62-33-25-52(42-64(62)69)68-44-54-40-60(31-35-66(54)75-68)71(58-19-15-17-48(3)38-58)56-28-22-50(46-73)23-29-56/h14-35,37-46H,4-13,36H2,1-3H3. The maximum atomic E-state index is 11.6. The van der Waals surface area contributed by atoms with E-state index in [4.69, 9.17) is 0 Å². The van der Waals surface area contributed by atoms with Gasteiger partial charge in [0.05, 0.1) is 0 Å². The number of carbonyl (C=O) groups excluding carboxylic acids is 2. The number of thiophene rings is 2. The van der Waals surface area contributed by atoms with E-state index >= 15 is 0 Å². The second-order valence-corrected chi connectivity index (χ2v) is 22.4. The van der Waals surface area contributed by atoms with Gasteiger partial charge in [0.15, 0.2) is 0 Å². The number of benzene rings is 8. The number of aromatic nitrogens is 1. The van der Waals surface area contributed by atoms with E-state index in [1.165, 1.54) is 132 Å². The second-order valence-electron chi connectivity index (χ2n) is 20.2. The molecule has 0 radical (unpaired) electrons. The fourth-order valence-corrected chi connectivity index (χ4v) is 12.9. The van der Waals surface area contributed by atoms with Crippen molar-refractivity contribution in [1.82, 2.24) is 4.57 Å². The summed E-state index contributed by atoms with van der Waals surface area (Å²) < 4.78 is 5.11. The molecule has 3 heterocycles. The van der Waals surface area contributed by atoms with Crippen molar-refractivity contribution in [2.24, 2.45) is 0 Å². The van der Waals surface area contributed by atoms with Gasteiger partial charge in [-0.3, -0.25) is 9.59 Å². The zero-order chi connectivity index (χ0) is 51.3. The summed E-state index contributed by atoms with van der Waals surface area (Å²) in [6.45, 7) is 7.51. The summed E-state index contributed by atoms with van der Waals surface area (Å²) in [5.74, 6) is 0. The average molecular weight is 1020 g/mol. The van der Waals surface area contributed by atoms with E-state index in [1.54, 1.807) is 0 Å². The molecular formula is C68H63N3O2S2. The minimum absolute atomic E-state index is 0.662. The molecule has 0 unspecified atom stereocenters. The van der Waals surface area contributed by atoms with Gasteiger partial charge < -0.3 is 14.4 Å². The molecule has 0 saturated heterocycles. The van der Waals surface area contributed by atoms with Gasteiger partial charge in [0, 0.05) is 92.8 Å². The van der Waals surface area contributed by atoms with Crippen molar-refractivity contribution in [3.05, 3.63) is 204 Å². The third-order valence-corrected chi connectivity index (χ3v) is 17.1. The molecule has 5 nitrogen and oxygen atoms in total. The molecule has 374 valence electrons. The molecule has 0 atom stereocenters. The lowest BCUT2D eigenvalue weighted by molar-refractivity contribution is 0.111. The van der Waals surface area contributed by atoms with Crippen molar-refractivity contribution in [3.8, 4) is 20.9 Å². The van der Waals surface area contributed by atoms with Gasteiger partial charge in [0.25, 0.3) is 0 Å². The molecule has 0 spiro atoms. The highest BCUT2D eigenvalue weighted by atomic mass is 32.1. The number of hydrogen-bond acceptors (Lipinski definition) is 6. The largest absolute Gasteiger partial charge is 0.340 e. The Morgan fingerprint density at radius 3 is 1.25 bits per heavy atom. The van der Waals surface area contributed by atoms with Crippen LogP contribution < -0.4 is 9.80 Å². The normalized spacial score (nSPS) is 11.6. The van der Waals surface area contributed by atoms with Crippen LogP contribution in [0.5, 0.6) is 0 Å². The molecule has 75 heavy (non-hydrogen) atoms. The molecule has 0 aliphatic carbocycles. The monoisotopic (exact) mass is 1020 g/mol. The van der Waals surface area contributed by atoms with Gasteiger partial charge in [-0.15, -0.1) is 22.7 Å². The van der Waals surface area contributed by atoms with Crippen LogP contribution >= 0.6 is 22.7 Å². The molecule has 8 aromatic carbocycles. The van der Waals surface area contributed by atoms with Crippen LogP contribution in [-0.2, 0) is 6.54 Å². The van der Waals surface area contributed by atoms with Gasteiger partial charge in [0.2, 0.25) is 0 Å². The summed E-state index contributed by atoms with van der Waals surface area (Å²) in [5, 5.41) is 5.00. The number of aryl methyl sites for hydroxylation is 3. The first-order valence-electron chi connectivity index (χ1n) is 26.8. The third kappa shape index (κ3) is 10.7. The van der Waals surface area contributed by atoms with Crippen LogP contribution in [0.1, 0.15) is 103 Å². The third-order valence-electron chi connectivity index (χ3n) is 14.8. The molecule has 3 aromatic heterocycles. The summed E-state index contributed by atoms with van der Waals surface area (Å²) in [6.07, 6.45) is 14.9. The average Bonchev–Trinajstić information content (AvgIpc) is 4.15.